The molecule has 1 atom stereocenters. The Morgan fingerprint density at radius 3 is 2.56 bits per heavy atom. The lowest BCUT2D eigenvalue weighted by Crippen LogP contribution is -2.36. The third kappa shape index (κ3) is 5.64. The Hall–Kier alpha value is -2.82. The predicted octanol–water partition coefficient (Wildman–Crippen LogP) is 2.87. The molecule has 2 rings (SSSR count). The SMILES string of the molecule is Cc1cccc(C(=O)OCC(=O)N[C@H](C)CCc2ccccc2)c1N. The number of benzene rings is 2. The van der Waals surface area contributed by atoms with Gasteiger partial charge in [0, 0.05) is 11.7 Å². The number of carbonyl (C=O) groups excluding carboxylic acids is 2. The molecule has 0 saturated carbocycles. The van der Waals surface area contributed by atoms with Crippen molar-refractivity contribution < 1.29 is 14.3 Å². The fourth-order valence-electron chi connectivity index (χ4n) is 2.48. The lowest BCUT2D eigenvalue weighted by atomic mass is 10.1. The molecule has 0 bridgehead atoms. The Bertz CT molecular complexity index is 729. The molecule has 25 heavy (non-hydrogen) atoms. The van der Waals surface area contributed by atoms with Crippen molar-refractivity contribution in [3.63, 3.8) is 0 Å². The second-order valence-corrected chi connectivity index (χ2v) is 6.11. The maximum absolute atomic E-state index is 12.0. The molecule has 1 amide bonds. The predicted molar refractivity (Wildman–Crippen MR) is 98.2 cm³/mol. The summed E-state index contributed by atoms with van der Waals surface area (Å²) in [5, 5.41) is 2.84. The van der Waals surface area contributed by atoms with Gasteiger partial charge in [-0.15, -0.1) is 0 Å². The topological polar surface area (TPSA) is 81.4 Å². The zero-order chi connectivity index (χ0) is 18.2. The summed E-state index contributed by atoms with van der Waals surface area (Å²) in [5.74, 6) is -0.909. The Labute approximate surface area is 148 Å². The van der Waals surface area contributed by atoms with Crippen LogP contribution in [0, 0.1) is 6.92 Å². The van der Waals surface area contributed by atoms with Crippen LogP contribution in [0.1, 0.15) is 34.8 Å². The van der Waals surface area contributed by atoms with Gasteiger partial charge in [-0.1, -0.05) is 42.5 Å². The number of carbonyl (C=O) groups is 2. The Morgan fingerprint density at radius 1 is 1.12 bits per heavy atom. The first-order valence-electron chi connectivity index (χ1n) is 8.33. The third-order valence-electron chi connectivity index (χ3n) is 3.99. The van der Waals surface area contributed by atoms with Gasteiger partial charge in [-0.2, -0.15) is 0 Å². The molecule has 2 aromatic carbocycles. The monoisotopic (exact) mass is 340 g/mol. The highest BCUT2D eigenvalue weighted by Gasteiger charge is 2.15. The highest BCUT2D eigenvalue weighted by molar-refractivity contribution is 5.96. The highest BCUT2D eigenvalue weighted by Crippen LogP contribution is 2.17. The number of ether oxygens (including phenoxy) is 1. The number of hydrogen-bond acceptors (Lipinski definition) is 4. The normalized spacial score (nSPS) is 11.6. The van der Waals surface area contributed by atoms with Crippen molar-refractivity contribution in [3.8, 4) is 0 Å². The maximum Gasteiger partial charge on any atom is 0.340 e. The van der Waals surface area contributed by atoms with Crippen molar-refractivity contribution >= 4 is 17.6 Å². The van der Waals surface area contributed by atoms with Gasteiger partial charge in [-0.05, 0) is 43.9 Å². The van der Waals surface area contributed by atoms with Gasteiger partial charge in [0.25, 0.3) is 5.91 Å². The number of esters is 1. The van der Waals surface area contributed by atoms with E-state index in [-0.39, 0.29) is 24.1 Å². The summed E-state index contributed by atoms with van der Waals surface area (Å²) in [6.45, 7) is 3.43. The summed E-state index contributed by atoms with van der Waals surface area (Å²) >= 11 is 0. The first kappa shape index (κ1) is 18.5. The zero-order valence-corrected chi connectivity index (χ0v) is 14.6. The minimum absolute atomic E-state index is 0.00422. The number of nitrogen functional groups attached to an aromatic ring is 1. The molecule has 3 N–H and O–H groups in total. The molecule has 132 valence electrons. The average Bonchev–Trinajstić information content (AvgIpc) is 2.61. The van der Waals surface area contributed by atoms with Crippen LogP contribution >= 0.6 is 0 Å². The van der Waals surface area contributed by atoms with Crippen molar-refractivity contribution in [1.29, 1.82) is 0 Å². The van der Waals surface area contributed by atoms with Crippen LogP contribution in [-0.4, -0.2) is 24.5 Å². The molecule has 0 heterocycles. The van der Waals surface area contributed by atoms with E-state index in [9.17, 15) is 9.59 Å². The minimum Gasteiger partial charge on any atom is -0.452 e. The molecule has 0 unspecified atom stereocenters. The molecule has 0 spiro atoms. The van der Waals surface area contributed by atoms with E-state index < -0.39 is 5.97 Å². The molecule has 0 aliphatic carbocycles. The first-order valence-corrected chi connectivity index (χ1v) is 8.33. The van der Waals surface area contributed by atoms with Crippen LogP contribution in [0.3, 0.4) is 0 Å². The standard InChI is InChI=1S/C20H24N2O3/c1-14-7-6-10-17(19(14)21)20(24)25-13-18(23)22-15(2)11-12-16-8-4-3-5-9-16/h3-10,15H,11-13,21H2,1-2H3,(H,22,23)/t15-/m1/s1. The zero-order valence-electron chi connectivity index (χ0n) is 14.6. The molecule has 5 heteroatoms. The van der Waals surface area contributed by atoms with Crippen LogP contribution in [-0.2, 0) is 16.0 Å². The van der Waals surface area contributed by atoms with Gasteiger partial charge < -0.3 is 15.8 Å². The highest BCUT2D eigenvalue weighted by atomic mass is 16.5. The molecular formula is C20H24N2O3. The van der Waals surface area contributed by atoms with Crippen LogP contribution in [0.4, 0.5) is 5.69 Å². The number of aryl methyl sites for hydroxylation is 2. The second-order valence-electron chi connectivity index (χ2n) is 6.11. The van der Waals surface area contributed by atoms with Gasteiger partial charge in [-0.25, -0.2) is 4.79 Å². The van der Waals surface area contributed by atoms with Crippen LogP contribution in [0.5, 0.6) is 0 Å². The molecule has 0 saturated heterocycles. The van der Waals surface area contributed by atoms with E-state index in [0.29, 0.717) is 5.69 Å². The molecule has 0 aliphatic rings. The summed E-state index contributed by atoms with van der Waals surface area (Å²) in [7, 11) is 0. The van der Waals surface area contributed by atoms with Crippen molar-refractivity contribution in [1.82, 2.24) is 5.32 Å². The number of para-hydroxylation sites is 1. The maximum atomic E-state index is 12.0. The molecule has 5 nitrogen and oxygen atoms in total. The molecular weight excluding hydrogens is 316 g/mol. The fourth-order valence-corrected chi connectivity index (χ4v) is 2.48. The van der Waals surface area contributed by atoms with Crippen LogP contribution < -0.4 is 11.1 Å². The molecule has 0 fully saturated rings. The molecule has 2 aromatic rings. The number of rotatable bonds is 7. The van der Waals surface area contributed by atoms with Crippen molar-refractivity contribution in [2.75, 3.05) is 12.3 Å². The average molecular weight is 340 g/mol. The lowest BCUT2D eigenvalue weighted by molar-refractivity contribution is -0.124. The first-order chi connectivity index (χ1) is 12.0. The largest absolute Gasteiger partial charge is 0.452 e. The van der Waals surface area contributed by atoms with Crippen molar-refractivity contribution in [2.24, 2.45) is 0 Å². The number of nitrogens with one attached hydrogen (secondary N) is 1. The van der Waals surface area contributed by atoms with Crippen molar-refractivity contribution in [2.45, 2.75) is 32.7 Å². The van der Waals surface area contributed by atoms with Gasteiger partial charge in [-0.3, -0.25) is 4.79 Å². The molecule has 0 radical (unpaired) electrons. The Balaban J connectivity index is 1.76. The molecule has 0 aromatic heterocycles. The van der Waals surface area contributed by atoms with E-state index in [1.807, 2.05) is 38.1 Å². The number of hydrogen-bond donors (Lipinski definition) is 2. The number of nitrogens with two attached hydrogens (primary N) is 1. The fraction of sp³-hybridized carbons (Fsp3) is 0.300. The van der Waals surface area contributed by atoms with E-state index in [1.54, 1.807) is 12.1 Å². The van der Waals surface area contributed by atoms with E-state index in [1.165, 1.54) is 5.56 Å². The quantitative estimate of drug-likeness (QED) is 0.600. The summed E-state index contributed by atoms with van der Waals surface area (Å²) in [4.78, 5) is 24.0. The van der Waals surface area contributed by atoms with Crippen LogP contribution in [0.2, 0.25) is 0 Å². The summed E-state index contributed by atoms with van der Waals surface area (Å²) < 4.78 is 5.06. The summed E-state index contributed by atoms with van der Waals surface area (Å²) in [5.41, 5.74) is 8.55. The van der Waals surface area contributed by atoms with E-state index in [4.69, 9.17) is 10.5 Å². The number of amides is 1. The lowest BCUT2D eigenvalue weighted by Gasteiger charge is -2.14. The summed E-state index contributed by atoms with van der Waals surface area (Å²) in [6, 6.07) is 15.2. The van der Waals surface area contributed by atoms with Crippen LogP contribution in [0.25, 0.3) is 0 Å². The number of anilines is 1. The Kier molecular flexibility index (Phi) is 6.57. The second kappa shape index (κ2) is 8.87. The van der Waals surface area contributed by atoms with Crippen LogP contribution in [0.15, 0.2) is 48.5 Å². The van der Waals surface area contributed by atoms with E-state index in [0.717, 1.165) is 18.4 Å². The van der Waals surface area contributed by atoms with Gasteiger partial charge in [0.05, 0.1) is 5.56 Å². The van der Waals surface area contributed by atoms with E-state index in [2.05, 4.69) is 17.4 Å². The van der Waals surface area contributed by atoms with Gasteiger partial charge in [0.1, 0.15) is 0 Å². The van der Waals surface area contributed by atoms with Gasteiger partial charge in [0.2, 0.25) is 0 Å². The smallest absolute Gasteiger partial charge is 0.340 e. The van der Waals surface area contributed by atoms with Gasteiger partial charge in [0.15, 0.2) is 6.61 Å². The van der Waals surface area contributed by atoms with Gasteiger partial charge >= 0.3 is 5.97 Å². The minimum atomic E-state index is -0.590. The third-order valence-corrected chi connectivity index (χ3v) is 3.99. The Morgan fingerprint density at radius 2 is 1.84 bits per heavy atom. The summed E-state index contributed by atoms with van der Waals surface area (Å²) in [6.07, 6.45) is 1.69. The molecule has 0 aliphatic heterocycles. The van der Waals surface area contributed by atoms with E-state index >= 15 is 0 Å². The van der Waals surface area contributed by atoms with Crippen molar-refractivity contribution in [3.05, 3.63) is 65.2 Å².